The second kappa shape index (κ2) is 5.88. The topological polar surface area (TPSA) is 72.9 Å². The van der Waals surface area contributed by atoms with Gasteiger partial charge in [-0.05, 0) is 44.7 Å². The van der Waals surface area contributed by atoms with E-state index in [2.05, 4.69) is 16.1 Å². The Morgan fingerprint density at radius 1 is 1.12 bits per heavy atom. The van der Waals surface area contributed by atoms with E-state index >= 15 is 0 Å². The zero-order valence-corrected chi connectivity index (χ0v) is 14.3. The van der Waals surface area contributed by atoms with Gasteiger partial charge in [0.1, 0.15) is 11.4 Å². The van der Waals surface area contributed by atoms with Crippen LogP contribution in [0.2, 0.25) is 0 Å². The zero-order chi connectivity index (χ0) is 17.6. The Morgan fingerprint density at radius 2 is 1.92 bits per heavy atom. The highest BCUT2D eigenvalue weighted by Crippen LogP contribution is 2.34. The van der Waals surface area contributed by atoms with Crippen molar-refractivity contribution in [1.29, 1.82) is 0 Å². The quantitative estimate of drug-likeness (QED) is 0.730. The second-order valence-electron chi connectivity index (χ2n) is 6.65. The summed E-state index contributed by atoms with van der Waals surface area (Å²) >= 11 is 0. The van der Waals surface area contributed by atoms with Gasteiger partial charge < -0.3 is 5.21 Å². The average Bonchev–Trinajstić information content (AvgIpc) is 2.81. The van der Waals surface area contributed by atoms with E-state index in [1.54, 1.807) is 6.07 Å². The molecule has 2 heterocycles. The summed E-state index contributed by atoms with van der Waals surface area (Å²) in [5.74, 6) is 0.371. The highest BCUT2D eigenvalue weighted by Gasteiger charge is 2.24. The molecule has 0 fully saturated rings. The minimum atomic E-state index is -0.165. The summed E-state index contributed by atoms with van der Waals surface area (Å²) in [6.07, 6.45) is 2.76. The molecular weight excluding hydrogens is 316 g/mol. The Bertz CT molecular complexity index is 1000. The first-order valence-corrected chi connectivity index (χ1v) is 8.55. The van der Waals surface area contributed by atoms with Gasteiger partial charge in [0.05, 0.1) is 11.7 Å². The van der Waals surface area contributed by atoms with Gasteiger partial charge in [-0.1, -0.05) is 24.3 Å². The fourth-order valence-electron chi connectivity index (χ4n) is 3.40. The van der Waals surface area contributed by atoms with E-state index in [9.17, 15) is 10.0 Å². The van der Waals surface area contributed by atoms with Crippen LogP contribution in [-0.4, -0.2) is 24.7 Å². The summed E-state index contributed by atoms with van der Waals surface area (Å²) in [5.41, 5.74) is 4.14. The molecular formula is C19H20N4O2. The van der Waals surface area contributed by atoms with E-state index < -0.39 is 0 Å². The molecule has 4 rings (SSSR count). The highest BCUT2D eigenvalue weighted by atomic mass is 16.5. The van der Waals surface area contributed by atoms with Gasteiger partial charge in [0.25, 0.3) is 5.56 Å². The molecule has 1 aliphatic carbocycles. The number of aryl methyl sites for hydroxylation is 2. The van der Waals surface area contributed by atoms with Gasteiger partial charge in [-0.3, -0.25) is 4.79 Å². The van der Waals surface area contributed by atoms with Crippen LogP contribution in [0.15, 0.2) is 41.2 Å². The lowest BCUT2D eigenvalue weighted by molar-refractivity contribution is 0.194. The highest BCUT2D eigenvalue weighted by molar-refractivity contribution is 5.70. The summed E-state index contributed by atoms with van der Waals surface area (Å²) in [7, 11) is 0. The van der Waals surface area contributed by atoms with E-state index in [-0.39, 0.29) is 11.6 Å². The van der Waals surface area contributed by atoms with Crippen LogP contribution >= 0.6 is 0 Å². The van der Waals surface area contributed by atoms with Crippen LogP contribution in [0, 0.1) is 0 Å². The minimum absolute atomic E-state index is 0.0619. The molecule has 1 aromatic carbocycles. The molecule has 1 aliphatic rings. The SMILES string of the molecule is CC(C)n1nc(-c2nc3c(n2O)-c2ccccc2CCC3)ccc1=O. The van der Waals surface area contributed by atoms with Crippen molar-refractivity contribution in [2.75, 3.05) is 0 Å². The molecule has 0 unspecified atom stereocenters. The van der Waals surface area contributed by atoms with Crippen molar-refractivity contribution < 1.29 is 5.21 Å². The lowest BCUT2D eigenvalue weighted by Gasteiger charge is -2.10. The molecule has 3 aromatic rings. The number of rotatable bonds is 2. The second-order valence-corrected chi connectivity index (χ2v) is 6.65. The van der Waals surface area contributed by atoms with Gasteiger partial charge in [0.2, 0.25) is 0 Å². The summed E-state index contributed by atoms with van der Waals surface area (Å²) in [6.45, 7) is 3.80. The molecule has 0 amide bonds. The number of imidazole rings is 1. The predicted octanol–water partition coefficient (Wildman–Crippen LogP) is 3.08. The van der Waals surface area contributed by atoms with Crippen LogP contribution < -0.4 is 5.56 Å². The smallest absolute Gasteiger partial charge is 0.267 e. The first-order chi connectivity index (χ1) is 12.1. The molecule has 0 spiro atoms. The van der Waals surface area contributed by atoms with Crippen LogP contribution in [0.3, 0.4) is 0 Å². The number of benzene rings is 1. The van der Waals surface area contributed by atoms with Crippen LogP contribution in [0.5, 0.6) is 0 Å². The van der Waals surface area contributed by atoms with Gasteiger partial charge >= 0.3 is 0 Å². The van der Waals surface area contributed by atoms with E-state index in [4.69, 9.17) is 0 Å². The largest absolute Gasteiger partial charge is 0.426 e. The third-order valence-corrected chi connectivity index (χ3v) is 4.60. The fourth-order valence-corrected chi connectivity index (χ4v) is 3.40. The monoisotopic (exact) mass is 336 g/mol. The Labute approximate surface area is 145 Å². The predicted molar refractivity (Wildman–Crippen MR) is 94.7 cm³/mol. The van der Waals surface area contributed by atoms with Gasteiger partial charge in [-0.2, -0.15) is 9.83 Å². The van der Waals surface area contributed by atoms with Crippen molar-refractivity contribution >= 4 is 0 Å². The molecule has 2 aromatic heterocycles. The molecule has 0 saturated heterocycles. The summed E-state index contributed by atoms with van der Waals surface area (Å²) in [6, 6.07) is 11.1. The summed E-state index contributed by atoms with van der Waals surface area (Å²) in [4.78, 5) is 16.6. The van der Waals surface area contributed by atoms with Gasteiger partial charge in [-0.15, -0.1) is 0 Å². The first-order valence-electron chi connectivity index (χ1n) is 8.55. The van der Waals surface area contributed by atoms with Crippen molar-refractivity contribution in [2.24, 2.45) is 0 Å². The van der Waals surface area contributed by atoms with Crippen LogP contribution in [0.1, 0.15) is 37.6 Å². The summed E-state index contributed by atoms with van der Waals surface area (Å²) < 4.78 is 2.53. The van der Waals surface area contributed by atoms with Crippen LogP contribution in [0.4, 0.5) is 0 Å². The van der Waals surface area contributed by atoms with Gasteiger partial charge in [0, 0.05) is 11.6 Å². The molecule has 6 nitrogen and oxygen atoms in total. The lowest BCUT2D eigenvalue weighted by atomic mass is 10.0. The van der Waals surface area contributed by atoms with E-state index in [1.807, 2.05) is 32.0 Å². The van der Waals surface area contributed by atoms with Crippen LogP contribution in [-0.2, 0) is 12.8 Å². The third-order valence-electron chi connectivity index (χ3n) is 4.60. The first kappa shape index (κ1) is 15.6. The lowest BCUT2D eigenvalue weighted by Crippen LogP contribution is -2.24. The van der Waals surface area contributed by atoms with Crippen molar-refractivity contribution in [2.45, 2.75) is 39.2 Å². The number of fused-ring (bicyclic) bond motifs is 3. The van der Waals surface area contributed by atoms with Crippen molar-refractivity contribution in [3.05, 3.63) is 58.0 Å². The number of hydrogen-bond acceptors (Lipinski definition) is 4. The van der Waals surface area contributed by atoms with Gasteiger partial charge in [0.15, 0.2) is 5.82 Å². The molecule has 0 aliphatic heterocycles. The van der Waals surface area contributed by atoms with Crippen molar-refractivity contribution in [3.8, 4) is 22.8 Å². The third kappa shape index (κ3) is 2.54. The molecule has 128 valence electrons. The molecule has 0 bridgehead atoms. The number of hydrogen-bond donors (Lipinski definition) is 1. The Hall–Kier alpha value is -2.89. The molecule has 6 heteroatoms. The van der Waals surface area contributed by atoms with E-state index in [0.29, 0.717) is 11.5 Å². The molecule has 0 saturated carbocycles. The fraction of sp³-hybridized carbons (Fsp3) is 0.316. The van der Waals surface area contributed by atoms with Crippen molar-refractivity contribution in [1.82, 2.24) is 19.5 Å². The maximum atomic E-state index is 11.9. The molecule has 0 radical (unpaired) electrons. The Kier molecular flexibility index (Phi) is 3.67. The molecule has 0 atom stereocenters. The van der Waals surface area contributed by atoms with Gasteiger partial charge in [-0.25, -0.2) is 9.67 Å². The molecule has 25 heavy (non-hydrogen) atoms. The maximum Gasteiger partial charge on any atom is 0.267 e. The zero-order valence-electron chi connectivity index (χ0n) is 14.3. The average molecular weight is 336 g/mol. The van der Waals surface area contributed by atoms with Crippen molar-refractivity contribution in [3.63, 3.8) is 0 Å². The molecule has 1 N–H and O–H groups in total. The summed E-state index contributed by atoms with van der Waals surface area (Å²) in [5, 5.41) is 15.2. The van der Waals surface area contributed by atoms with Crippen LogP contribution in [0.25, 0.3) is 22.8 Å². The van der Waals surface area contributed by atoms with E-state index in [0.717, 1.165) is 40.9 Å². The minimum Gasteiger partial charge on any atom is -0.426 e. The Balaban J connectivity index is 1.91. The number of aromatic nitrogens is 4. The normalized spacial score (nSPS) is 13.4. The standard InChI is InChI=1S/C19H20N4O2/c1-12(2)22-17(24)11-10-16(21-22)19-20-15-9-5-7-13-6-3-4-8-14(13)18(15)23(19)25/h3-4,6,8,10-12,25H,5,7,9H2,1-2H3. The van der Waals surface area contributed by atoms with E-state index in [1.165, 1.54) is 16.3 Å². The maximum absolute atomic E-state index is 11.9. The Morgan fingerprint density at radius 3 is 2.72 bits per heavy atom. The number of nitrogens with zero attached hydrogens (tertiary/aromatic N) is 4.